The lowest BCUT2D eigenvalue weighted by Crippen LogP contribution is -2.52. The minimum atomic E-state index is 0.0348. The predicted molar refractivity (Wildman–Crippen MR) is 84.2 cm³/mol. The molecule has 6 heteroatoms. The van der Waals surface area contributed by atoms with Gasteiger partial charge in [0, 0.05) is 25.0 Å². The number of rotatable bonds is 5. The molecule has 0 unspecified atom stereocenters. The molecule has 2 rings (SSSR count). The lowest BCUT2D eigenvalue weighted by Gasteiger charge is -2.40. The molecule has 1 saturated heterocycles. The van der Waals surface area contributed by atoms with Crippen LogP contribution in [0.5, 0.6) is 0 Å². The number of nitrogens with zero attached hydrogens (tertiary/aromatic N) is 3. The van der Waals surface area contributed by atoms with E-state index in [1.165, 1.54) is 0 Å². The number of piperidine rings is 1. The van der Waals surface area contributed by atoms with Gasteiger partial charge in [0.25, 0.3) is 0 Å². The van der Waals surface area contributed by atoms with Crippen LogP contribution in [0.4, 0.5) is 0 Å². The van der Waals surface area contributed by atoms with Crippen molar-refractivity contribution in [3.8, 4) is 0 Å². The van der Waals surface area contributed by atoms with Gasteiger partial charge < -0.3 is 14.7 Å². The van der Waals surface area contributed by atoms with Crippen molar-refractivity contribution in [3.63, 3.8) is 0 Å². The molecular formula is C16H28N4O2. The largest absolute Gasteiger partial charge is 0.342 e. The lowest BCUT2D eigenvalue weighted by atomic mass is 9.88. The highest BCUT2D eigenvalue weighted by atomic mass is 16.5. The quantitative estimate of drug-likeness (QED) is 0.904. The molecule has 0 radical (unpaired) electrons. The van der Waals surface area contributed by atoms with E-state index in [1.54, 1.807) is 0 Å². The van der Waals surface area contributed by atoms with Gasteiger partial charge >= 0.3 is 0 Å². The second-order valence-corrected chi connectivity index (χ2v) is 6.57. The van der Waals surface area contributed by atoms with Gasteiger partial charge in [0.2, 0.25) is 11.8 Å². The fourth-order valence-corrected chi connectivity index (χ4v) is 3.11. The van der Waals surface area contributed by atoms with E-state index in [0.29, 0.717) is 23.7 Å². The summed E-state index contributed by atoms with van der Waals surface area (Å²) in [6, 6.07) is 0.413. The molecule has 1 aliphatic rings. The van der Waals surface area contributed by atoms with Crippen LogP contribution in [0.15, 0.2) is 4.52 Å². The van der Waals surface area contributed by atoms with E-state index in [-0.39, 0.29) is 17.9 Å². The van der Waals surface area contributed by atoms with Crippen LogP contribution in [-0.2, 0) is 4.79 Å². The zero-order valence-electron chi connectivity index (χ0n) is 14.3. The highest BCUT2D eigenvalue weighted by molar-refractivity contribution is 5.78. The molecule has 1 aliphatic heterocycles. The number of hydrogen-bond acceptors (Lipinski definition) is 5. The molecule has 0 saturated carbocycles. The first-order valence-electron chi connectivity index (χ1n) is 8.27. The van der Waals surface area contributed by atoms with Crippen molar-refractivity contribution >= 4 is 5.91 Å². The summed E-state index contributed by atoms with van der Waals surface area (Å²) in [6.07, 6.45) is 2.02. The number of hydrogen-bond donors (Lipinski definition) is 1. The van der Waals surface area contributed by atoms with E-state index in [1.807, 2.05) is 32.6 Å². The molecule has 1 amide bonds. The van der Waals surface area contributed by atoms with Crippen LogP contribution in [-0.4, -0.2) is 40.1 Å². The van der Waals surface area contributed by atoms with Gasteiger partial charge in [-0.2, -0.15) is 4.98 Å². The Hall–Kier alpha value is -1.43. The van der Waals surface area contributed by atoms with Crippen molar-refractivity contribution in [2.24, 2.45) is 11.8 Å². The third kappa shape index (κ3) is 3.85. The summed E-state index contributed by atoms with van der Waals surface area (Å²) in [5, 5.41) is 7.45. The van der Waals surface area contributed by atoms with Gasteiger partial charge in [0.1, 0.15) is 0 Å². The molecule has 1 aromatic rings. The molecule has 0 aromatic carbocycles. The fraction of sp³-hybridized carbons (Fsp3) is 0.812. The summed E-state index contributed by atoms with van der Waals surface area (Å²) in [5.41, 5.74) is 0. The van der Waals surface area contributed by atoms with Crippen molar-refractivity contribution in [1.29, 1.82) is 0 Å². The van der Waals surface area contributed by atoms with Crippen LogP contribution in [0, 0.1) is 18.8 Å². The van der Waals surface area contributed by atoms with Crippen molar-refractivity contribution < 1.29 is 9.32 Å². The molecule has 0 bridgehead atoms. The van der Waals surface area contributed by atoms with Crippen molar-refractivity contribution in [1.82, 2.24) is 20.4 Å². The van der Waals surface area contributed by atoms with Gasteiger partial charge in [-0.15, -0.1) is 0 Å². The van der Waals surface area contributed by atoms with E-state index in [9.17, 15) is 4.79 Å². The number of aromatic nitrogens is 2. The summed E-state index contributed by atoms with van der Waals surface area (Å²) in [7, 11) is 0. The van der Waals surface area contributed by atoms with Gasteiger partial charge in [-0.05, 0) is 26.2 Å². The number of carbonyl (C=O) groups is 1. The summed E-state index contributed by atoms with van der Waals surface area (Å²) >= 11 is 0. The van der Waals surface area contributed by atoms with E-state index < -0.39 is 0 Å². The second kappa shape index (κ2) is 7.22. The third-order valence-corrected chi connectivity index (χ3v) is 4.44. The first-order valence-corrected chi connectivity index (χ1v) is 8.27. The standard InChI is InChI=1S/C16H28N4O2/c1-6-13-9-20(16(21)10(2)3)8-7-14(13)17-11(4)15-18-12(5)19-22-15/h10-11,13-14,17H,6-9H2,1-5H3/t11-,13+,14+/m0/s1. The monoisotopic (exact) mass is 308 g/mol. The van der Waals surface area contributed by atoms with Gasteiger partial charge in [0.05, 0.1) is 6.04 Å². The molecule has 3 atom stereocenters. The van der Waals surface area contributed by atoms with Gasteiger partial charge in [0.15, 0.2) is 5.82 Å². The number of aryl methyl sites for hydroxylation is 1. The maximum absolute atomic E-state index is 12.2. The highest BCUT2D eigenvalue weighted by Crippen LogP contribution is 2.24. The fourth-order valence-electron chi connectivity index (χ4n) is 3.11. The SMILES string of the molecule is CC[C@@H]1CN(C(=O)C(C)C)CC[C@H]1N[C@@H](C)c1nc(C)no1. The molecule has 2 heterocycles. The Bertz CT molecular complexity index is 500. The average Bonchev–Trinajstić information content (AvgIpc) is 2.93. The van der Waals surface area contributed by atoms with Crippen LogP contribution >= 0.6 is 0 Å². The van der Waals surface area contributed by atoms with Crippen LogP contribution in [0.3, 0.4) is 0 Å². The Morgan fingerprint density at radius 2 is 2.18 bits per heavy atom. The Morgan fingerprint density at radius 3 is 2.73 bits per heavy atom. The molecule has 22 heavy (non-hydrogen) atoms. The molecule has 0 spiro atoms. The maximum atomic E-state index is 12.2. The van der Waals surface area contributed by atoms with Crippen molar-refractivity contribution in [2.45, 2.75) is 59.5 Å². The van der Waals surface area contributed by atoms with E-state index in [0.717, 1.165) is 25.9 Å². The smallest absolute Gasteiger partial charge is 0.243 e. The molecule has 124 valence electrons. The molecule has 1 fully saturated rings. The number of nitrogens with one attached hydrogen (secondary N) is 1. The highest BCUT2D eigenvalue weighted by Gasteiger charge is 2.32. The Kier molecular flexibility index (Phi) is 5.56. The Labute approximate surface area is 132 Å². The maximum Gasteiger partial charge on any atom is 0.243 e. The normalized spacial score (nSPS) is 23.8. The predicted octanol–water partition coefficient (Wildman–Crippen LogP) is 2.31. The van der Waals surface area contributed by atoms with Crippen molar-refractivity contribution in [3.05, 3.63) is 11.7 Å². The first kappa shape index (κ1) is 16.9. The average molecular weight is 308 g/mol. The van der Waals surface area contributed by atoms with Gasteiger partial charge in [-0.1, -0.05) is 32.3 Å². The van der Waals surface area contributed by atoms with Gasteiger partial charge in [-0.3, -0.25) is 4.79 Å². The van der Waals surface area contributed by atoms with E-state index in [4.69, 9.17) is 4.52 Å². The first-order chi connectivity index (χ1) is 10.4. The van der Waals surface area contributed by atoms with Crippen LogP contribution in [0.25, 0.3) is 0 Å². The zero-order valence-corrected chi connectivity index (χ0v) is 14.3. The molecule has 6 nitrogen and oxygen atoms in total. The zero-order chi connectivity index (χ0) is 16.3. The molecule has 1 N–H and O–H groups in total. The van der Waals surface area contributed by atoms with Crippen molar-refractivity contribution in [2.75, 3.05) is 13.1 Å². The summed E-state index contributed by atoms with van der Waals surface area (Å²) in [6.45, 7) is 11.6. The van der Waals surface area contributed by atoms with E-state index in [2.05, 4.69) is 22.4 Å². The van der Waals surface area contributed by atoms with Crippen LogP contribution < -0.4 is 5.32 Å². The number of amides is 1. The Morgan fingerprint density at radius 1 is 1.45 bits per heavy atom. The third-order valence-electron chi connectivity index (χ3n) is 4.44. The lowest BCUT2D eigenvalue weighted by molar-refractivity contribution is -0.136. The topological polar surface area (TPSA) is 71.3 Å². The number of carbonyl (C=O) groups excluding carboxylic acids is 1. The van der Waals surface area contributed by atoms with Crippen LogP contribution in [0.2, 0.25) is 0 Å². The summed E-state index contributed by atoms with van der Waals surface area (Å²) < 4.78 is 5.24. The minimum Gasteiger partial charge on any atom is -0.342 e. The molecule has 0 aliphatic carbocycles. The minimum absolute atomic E-state index is 0.0348. The number of likely N-dealkylation sites (tertiary alicyclic amines) is 1. The van der Waals surface area contributed by atoms with Gasteiger partial charge in [-0.25, -0.2) is 0 Å². The van der Waals surface area contributed by atoms with Crippen LogP contribution in [0.1, 0.15) is 58.3 Å². The summed E-state index contributed by atoms with van der Waals surface area (Å²) in [4.78, 5) is 18.5. The Balaban J connectivity index is 1.96. The summed E-state index contributed by atoms with van der Waals surface area (Å²) in [5.74, 6) is 2.09. The van der Waals surface area contributed by atoms with E-state index >= 15 is 0 Å². The second-order valence-electron chi connectivity index (χ2n) is 6.57. The molecule has 1 aromatic heterocycles. The molecular weight excluding hydrogens is 280 g/mol.